The van der Waals surface area contributed by atoms with Gasteiger partial charge in [0.1, 0.15) is 0 Å². The van der Waals surface area contributed by atoms with Crippen molar-refractivity contribution in [3.05, 3.63) is 75.9 Å². The van der Waals surface area contributed by atoms with Gasteiger partial charge >= 0.3 is 0 Å². The van der Waals surface area contributed by atoms with Crippen molar-refractivity contribution in [3.63, 3.8) is 0 Å². The number of carbonyl (C=O) groups excluding carboxylic acids is 1. The smallest absolute Gasteiger partial charge is 0.248 e. The Bertz CT molecular complexity index is 900. The van der Waals surface area contributed by atoms with Crippen molar-refractivity contribution in [1.29, 1.82) is 0 Å². The third-order valence-corrected chi connectivity index (χ3v) is 6.41. The van der Waals surface area contributed by atoms with Crippen LogP contribution in [0, 0.1) is 0 Å². The molecule has 2 atom stereocenters. The summed E-state index contributed by atoms with van der Waals surface area (Å²) in [5.74, 6) is -0.327. The summed E-state index contributed by atoms with van der Waals surface area (Å²) >= 11 is 0. The number of fused-ring (bicyclic) bond motifs is 2. The van der Waals surface area contributed by atoms with Crippen molar-refractivity contribution in [2.75, 3.05) is 0 Å². The molecular weight excluding hydrogens is 344 g/mol. The van der Waals surface area contributed by atoms with Gasteiger partial charge in [0.2, 0.25) is 5.91 Å². The molecule has 0 aliphatic carbocycles. The maximum absolute atomic E-state index is 12.0. The number of nitrogens with two attached hydrogens (primary N) is 1. The van der Waals surface area contributed by atoms with Gasteiger partial charge in [0, 0.05) is 17.6 Å². The Kier molecular flexibility index (Phi) is 5.36. The summed E-state index contributed by atoms with van der Waals surface area (Å²) in [4.78, 5) is 12.0. The van der Waals surface area contributed by atoms with Crippen LogP contribution in [-0.2, 0) is 12.8 Å². The van der Waals surface area contributed by atoms with Crippen LogP contribution in [0.5, 0.6) is 0 Å². The first kappa shape index (κ1) is 18.9. The lowest BCUT2D eigenvalue weighted by Crippen LogP contribution is -2.35. The highest BCUT2D eigenvalue weighted by atomic mass is 16.1. The molecule has 0 aromatic heterocycles. The molecular formula is C25H30N2O. The second-order valence-corrected chi connectivity index (χ2v) is 8.08. The van der Waals surface area contributed by atoms with Gasteiger partial charge in [0.05, 0.1) is 0 Å². The van der Waals surface area contributed by atoms with Gasteiger partial charge in [0.25, 0.3) is 0 Å². The predicted molar refractivity (Wildman–Crippen MR) is 115 cm³/mol. The van der Waals surface area contributed by atoms with Crippen LogP contribution >= 0.6 is 0 Å². The van der Waals surface area contributed by atoms with Crippen molar-refractivity contribution in [1.82, 2.24) is 5.32 Å². The SMILES string of the molecule is CCc1c(C(N)=O)ccc(C(=C2CC3CCC(C2)N3)c2ccccc2)c1CC. The quantitative estimate of drug-likeness (QED) is 0.802. The van der Waals surface area contributed by atoms with Gasteiger partial charge in [-0.2, -0.15) is 0 Å². The van der Waals surface area contributed by atoms with E-state index in [1.807, 2.05) is 6.07 Å². The fourth-order valence-corrected chi connectivity index (χ4v) is 5.23. The first-order valence-corrected chi connectivity index (χ1v) is 10.6. The second kappa shape index (κ2) is 7.92. The fraction of sp³-hybridized carbons (Fsp3) is 0.400. The molecule has 2 fully saturated rings. The van der Waals surface area contributed by atoms with E-state index in [9.17, 15) is 4.79 Å². The number of carbonyl (C=O) groups is 1. The van der Waals surface area contributed by atoms with Crippen LogP contribution in [0.2, 0.25) is 0 Å². The molecule has 146 valence electrons. The largest absolute Gasteiger partial charge is 0.366 e. The Morgan fingerprint density at radius 1 is 0.929 bits per heavy atom. The minimum Gasteiger partial charge on any atom is -0.366 e. The van der Waals surface area contributed by atoms with Crippen LogP contribution in [0.1, 0.15) is 72.1 Å². The monoisotopic (exact) mass is 374 g/mol. The van der Waals surface area contributed by atoms with E-state index in [-0.39, 0.29) is 5.91 Å². The van der Waals surface area contributed by atoms with E-state index >= 15 is 0 Å². The van der Waals surface area contributed by atoms with Crippen molar-refractivity contribution in [2.45, 2.75) is 64.5 Å². The Morgan fingerprint density at radius 3 is 2.07 bits per heavy atom. The Morgan fingerprint density at radius 2 is 1.50 bits per heavy atom. The number of rotatable bonds is 5. The van der Waals surface area contributed by atoms with Gasteiger partial charge in [-0.15, -0.1) is 0 Å². The van der Waals surface area contributed by atoms with Gasteiger partial charge in [-0.3, -0.25) is 4.79 Å². The Hall–Kier alpha value is -2.39. The molecule has 1 amide bonds. The fourth-order valence-electron chi connectivity index (χ4n) is 5.23. The van der Waals surface area contributed by atoms with Gasteiger partial charge in [0.15, 0.2) is 0 Å². The number of hydrogen-bond acceptors (Lipinski definition) is 2. The van der Waals surface area contributed by atoms with E-state index in [2.05, 4.69) is 55.6 Å². The molecule has 3 heteroatoms. The molecule has 2 aromatic carbocycles. The zero-order valence-electron chi connectivity index (χ0n) is 16.9. The maximum atomic E-state index is 12.0. The minimum absolute atomic E-state index is 0.327. The van der Waals surface area contributed by atoms with E-state index in [1.165, 1.54) is 35.1 Å². The van der Waals surface area contributed by atoms with Crippen molar-refractivity contribution in [3.8, 4) is 0 Å². The normalized spacial score (nSPS) is 21.0. The van der Waals surface area contributed by atoms with Crippen molar-refractivity contribution in [2.24, 2.45) is 5.73 Å². The highest BCUT2D eigenvalue weighted by Gasteiger charge is 2.32. The molecule has 28 heavy (non-hydrogen) atoms. The van der Waals surface area contributed by atoms with E-state index in [0.717, 1.165) is 31.2 Å². The molecule has 0 spiro atoms. The Labute approximate surface area is 168 Å². The first-order chi connectivity index (χ1) is 13.6. The second-order valence-electron chi connectivity index (χ2n) is 8.08. The van der Waals surface area contributed by atoms with Crippen LogP contribution < -0.4 is 11.1 Å². The summed E-state index contributed by atoms with van der Waals surface area (Å²) in [7, 11) is 0. The molecule has 0 saturated carbocycles. The van der Waals surface area contributed by atoms with Crippen molar-refractivity contribution >= 4 is 11.5 Å². The zero-order valence-corrected chi connectivity index (χ0v) is 16.9. The molecule has 2 aromatic rings. The molecule has 2 bridgehead atoms. The van der Waals surface area contributed by atoms with Crippen LogP contribution in [0.15, 0.2) is 48.0 Å². The molecule has 2 heterocycles. The number of benzene rings is 2. The molecule has 2 saturated heterocycles. The predicted octanol–water partition coefficient (Wildman–Crippen LogP) is 4.63. The van der Waals surface area contributed by atoms with E-state index in [4.69, 9.17) is 5.73 Å². The molecule has 4 rings (SSSR count). The molecule has 0 radical (unpaired) electrons. The van der Waals surface area contributed by atoms with Crippen LogP contribution in [0.3, 0.4) is 0 Å². The minimum atomic E-state index is -0.327. The summed E-state index contributed by atoms with van der Waals surface area (Å²) < 4.78 is 0. The number of primary amides is 1. The topological polar surface area (TPSA) is 55.1 Å². The van der Waals surface area contributed by atoms with Crippen molar-refractivity contribution < 1.29 is 4.79 Å². The average molecular weight is 375 g/mol. The van der Waals surface area contributed by atoms with Gasteiger partial charge in [-0.1, -0.05) is 55.8 Å². The highest BCUT2D eigenvalue weighted by Crippen LogP contribution is 2.40. The van der Waals surface area contributed by atoms with Gasteiger partial charge in [-0.25, -0.2) is 0 Å². The molecule has 3 nitrogen and oxygen atoms in total. The number of nitrogens with one attached hydrogen (secondary N) is 1. The summed E-state index contributed by atoms with van der Waals surface area (Å²) in [6.07, 6.45) is 6.50. The van der Waals surface area contributed by atoms with Gasteiger partial charge < -0.3 is 11.1 Å². The third kappa shape index (κ3) is 3.40. The van der Waals surface area contributed by atoms with Crippen LogP contribution in [0.25, 0.3) is 5.57 Å². The first-order valence-electron chi connectivity index (χ1n) is 10.6. The molecule has 2 aliphatic rings. The molecule has 2 aliphatic heterocycles. The number of hydrogen-bond donors (Lipinski definition) is 2. The lowest BCUT2D eigenvalue weighted by Gasteiger charge is -2.28. The van der Waals surface area contributed by atoms with Crippen LogP contribution in [-0.4, -0.2) is 18.0 Å². The van der Waals surface area contributed by atoms with Crippen LogP contribution in [0.4, 0.5) is 0 Å². The van der Waals surface area contributed by atoms with E-state index < -0.39 is 0 Å². The van der Waals surface area contributed by atoms with E-state index in [0.29, 0.717) is 17.6 Å². The summed E-state index contributed by atoms with van der Waals surface area (Å²) in [6.45, 7) is 4.30. The number of piperidine rings is 1. The highest BCUT2D eigenvalue weighted by molar-refractivity contribution is 5.96. The van der Waals surface area contributed by atoms with Gasteiger partial charge in [-0.05, 0) is 72.4 Å². The Balaban J connectivity index is 1.95. The van der Waals surface area contributed by atoms with E-state index in [1.54, 1.807) is 5.57 Å². The lowest BCUT2D eigenvalue weighted by atomic mass is 9.81. The standard InChI is InChI=1S/C25H30N2O/c1-3-20-21(4-2)23(25(26)28)13-12-22(20)24(16-8-6-5-7-9-16)17-14-18-10-11-19(15-17)27-18/h5-9,12-13,18-19,27H,3-4,10-11,14-15H2,1-2H3,(H2,26,28). The summed E-state index contributed by atoms with van der Waals surface area (Å²) in [6, 6.07) is 16.0. The summed E-state index contributed by atoms with van der Waals surface area (Å²) in [5, 5.41) is 3.76. The maximum Gasteiger partial charge on any atom is 0.248 e. The molecule has 3 N–H and O–H groups in total. The third-order valence-electron chi connectivity index (χ3n) is 6.41. The summed E-state index contributed by atoms with van der Waals surface area (Å²) in [5.41, 5.74) is 14.2. The number of amides is 1. The zero-order chi connectivity index (χ0) is 19.7. The molecule has 2 unspecified atom stereocenters. The lowest BCUT2D eigenvalue weighted by molar-refractivity contribution is 0.0999. The average Bonchev–Trinajstić information content (AvgIpc) is 3.06.